The average Bonchev–Trinajstić information content (AvgIpc) is 3.05. The van der Waals surface area contributed by atoms with Crippen molar-refractivity contribution in [2.45, 2.75) is 12.8 Å². The number of esters is 2. The molecule has 0 amide bonds. The highest BCUT2D eigenvalue weighted by Gasteiger charge is 2.33. The smallest absolute Gasteiger partial charge is 0.335 e. The topological polar surface area (TPSA) is 111 Å². The first-order valence-corrected chi connectivity index (χ1v) is 14.1. The van der Waals surface area contributed by atoms with Crippen LogP contribution < -0.4 is 20.1 Å². The van der Waals surface area contributed by atoms with E-state index in [9.17, 15) is 19.2 Å². The third-order valence-electron chi connectivity index (χ3n) is 7.15. The van der Waals surface area contributed by atoms with Gasteiger partial charge < -0.3 is 20.1 Å². The first kappa shape index (κ1) is 29.7. The van der Waals surface area contributed by atoms with Gasteiger partial charge in [-0.1, -0.05) is 61.7 Å². The molecule has 0 atom stereocenters. The van der Waals surface area contributed by atoms with Crippen LogP contribution in [0.4, 0.5) is 11.4 Å². The van der Waals surface area contributed by atoms with E-state index in [1.807, 2.05) is 36.4 Å². The molecule has 1 aliphatic carbocycles. The summed E-state index contributed by atoms with van der Waals surface area (Å²) in [5, 5.41) is 6.70. The van der Waals surface area contributed by atoms with Crippen LogP contribution >= 0.6 is 0 Å². The van der Waals surface area contributed by atoms with E-state index in [4.69, 9.17) is 9.47 Å². The molecule has 0 unspecified atom stereocenters. The fourth-order valence-electron chi connectivity index (χ4n) is 4.96. The monoisotopic (exact) mass is 586 g/mol. The van der Waals surface area contributed by atoms with E-state index in [2.05, 4.69) is 23.8 Å². The van der Waals surface area contributed by atoms with Gasteiger partial charge in [0.15, 0.2) is 11.6 Å². The van der Waals surface area contributed by atoms with Gasteiger partial charge in [-0.2, -0.15) is 0 Å². The highest BCUT2D eigenvalue weighted by Crippen LogP contribution is 2.36. The fourth-order valence-corrected chi connectivity index (χ4v) is 4.96. The number of carbonyl (C=O) groups excluding carboxylic acids is 4. The van der Waals surface area contributed by atoms with E-state index in [1.54, 1.807) is 48.5 Å². The average molecular weight is 587 g/mol. The third-order valence-corrected chi connectivity index (χ3v) is 7.15. The second-order valence-electron chi connectivity index (χ2n) is 10.0. The summed E-state index contributed by atoms with van der Waals surface area (Å²) in [6.45, 7) is 7.80. The number of hydrogen-bond donors (Lipinski definition) is 2. The van der Waals surface area contributed by atoms with Crippen LogP contribution in [0.2, 0.25) is 0 Å². The molecule has 0 bridgehead atoms. The summed E-state index contributed by atoms with van der Waals surface area (Å²) in [7, 11) is 0. The van der Waals surface area contributed by atoms with Crippen LogP contribution in [0.3, 0.4) is 0 Å². The lowest BCUT2D eigenvalue weighted by Crippen LogP contribution is -2.25. The van der Waals surface area contributed by atoms with Gasteiger partial charge in [-0.3, -0.25) is 9.59 Å². The highest BCUT2D eigenvalue weighted by atomic mass is 16.5. The van der Waals surface area contributed by atoms with Gasteiger partial charge in [-0.25, -0.2) is 9.59 Å². The van der Waals surface area contributed by atoms with Crippen LogP contribution in [0.5, 0.6) is 11.5 Å². The maximum absolute atomic E-state index is 13.7. The molecule has 0 saturated carbocycles. The summed E-state index contributed by atoms with van der Waals surface area (Å²) in [4.78, 5) is 50.3. The van der Waals surface area contributed by atoms with Gasteiger partial charge in [-0.15, -0.1) is 0 Å². The molecule has 0 radical (unpaired) electrons. The van der Waals surface area contributed by atoms with Gasteiger partial charge in [0.05, 0.1) is 11.1 Å². The molecule has 1 aliphatic rings. The second-order valence-corrected chi connectivity index (χ2v) is 10.0. The second kappa shape index (κ2) is 13.5. The van der Waals surface area contributed by atoms with Crippen molar-refractivity contribution in [2.24, 2.45) is 0 Å². The Hall–Kier alpha value is -5.76. The summed E-state index contributed by atoms with van der Waals surface area (Å²) in [6.07, 6.45) is 3.48. The van der Waals surface area contributed by atoms with Crippen molar-refractivity contribution in [3.63, 3.8) is 0 Å². The fraction of sp³-hybridized carbons (Fsp3) is 0.111. The minimum absolute atomic E-state index is 0.209. The molecule has 0 saturated heterocycles. The predicted octanol–water partition coefficient (Wildman–Crippen LogP) is 5.95. The highest BCUT2D eigenvalue weighted by molar-refractivity contribution is 6.31. The molecule has 0 spiro atoms. The van der Waals surface area contributed by atoms with E-state index in [0.29, 0.717) is 71.1 Å². The Kier molecular flexibility index (Phi) is 9.10. The van der Waals surface area contributed by atoms with E-state index in [-0.39, 0.29) is 11.6 Å². The lowest BCUT2D eigenvalue weighted by molar-refractivity contribution is -0.129. The number of hydrogen-bond acceptors (Lipinski definition) is 8. The van der Waals surface area contributed by atoms with Crippen LogP contribution in [0, 0.1) is 0 Å². The Morgan fingerprint density at radius 1 is 0.591 bits per heavy atom. The number of benzene rings is 4. The van der Waals surface area contributed by atoms with Gasteiger partial charge >= 0.3 is 11.9 Å². The largest absolute Gasteiger partial charge is 0.423 e. The molecule has 0 aromatic heterocycles. The van der Waals surface area contributed by atoms with Gasteiger partial charge in [0.1, 0.15) is 11.5 Å². The van der Waals surface area contributed by atoms with E-state index in [1.165, 1.54) is 0 Å². The van der Waals surface area contributed by atoms with Crippen LogP contribution in [-0.4, -0.2) is 36.6 Å². The van der Waals surface area contributed by atoms with Crippen molar-refractivity contribution in [3.05, 3.63) is 144 Å². The lowest BCUT2D eigenvalue weighted by atomic mass is 9.82. The Morgan fingerprint density at radius 3 is 1.34 bits per heavy atom. The molecule has 4 aromatic carbocycles. The van der Waals surface area contributed by atoms with E-state index in [0.717, 1.165) is 23.3 Å². The number of rotatable bonds is 12. The summed E-state index contributed by atoms with van der Waals surface area (Å²) in [5.41, 5.74) is 4.63. The SMILES string of the molecule is C=CC(=O)Oc1ccc(CCNc2ccc(NCCc3ccc(OC(=O)C=C)cc3)c3c2C(=O)c2ccccc2C3=O)cc1. The molecule has 0 fully saturated rings. The number of carbonyl (C=O) groups is 4. The standard InChI is InChI=1S/C36H30N2O6/c1-3-31(39)43-25-13-9-23(10-14-25)19-21-37-29-17-18-30(34-33(29)35(41)27-7-5-6-8-28(27)36(34)42)38-22-20-24-11-15-26(16-12-24)44-32(40)4-2/h3-18,37-38H,1-2,19-22H2. The van der Waals surface area contributed by atoms with Crippen molar-refractivity contribution in [1.82, 2.24) is 0 Å². The van der Waals surface area contributed by atoms with Gasteiger partial charge in [0, 0.05) is 47.7 Å². The predicted molar refractivity (Wildman–Crippen MR) is 169 cm³/mol. The van der Waals surface area contributed by atoms with Crippen LogP contribution in [-0.2, 0) is 22.4 Å². The van der Waals surface area contributed by atoms with E-state index < -0.39 is 11.9 Å². The zero-order valence-electron chi connectivity index (χ0n) is 23.9. The molecule has 5 rings (SSSR count). The minimum Gasteiger partial charge on any atom is -0.423 e. The summed E-state index contributed by atoms with van der Waals surface area (Å²) in [6, 6.07) is 24.8. The molecule has 220 valence electrons. The van der Waals surface area contributed by atoms with Crippen molar-refractivity contribution < 1.29 is 28.7 Å². The van der Waals surface area contributed by atoms with Gasteiger partial charge in [0.25, 0.3) is 0 Å². The molecular weight excluding hydrogens is 556 g/mol. The van der Waals surface area contributed by atoms with Crippen molar-refractivity contribution in [3.8, 4) is 11.5 Å². The summed E-state index contributed by atoms with van der Waals surface area (Å²) < 4.78 is 10.2. The Morgan fingerprint density at radius 2 is 0.977 bits per heavy atom. The first-order chi connectivity index (χ1) is 21.4. The molecule has 4 aromatic rings. The Labute approximate surface area is 255 Å². The third kappa shape index (κ3) is 6.65. The van der Waals surface area contributed by atoms with Crippen LogP contribution in [0.25, 0.3) is 0 Å². The quantitative estimate of drug-likeness (QED) is 0.105. The summed E-state index contributed by atoms with van der Waals surface area (Å²) >= 11 is 0. The van der Waals surface area contributed by atoms with Gasteiger partial charge in [0.2, 0.25) is 0 Å². The van der Waals surface area contributed by atoms with Crippen LogP contribution in [0.1, 0.15) is 43.0 Å². The number of ether oxygens (including phenoxy) is 2. The maximum atomic E-state index is 13.7. The zero-order valence-corrected chi connectivity index (χ0v) is 23.9. The molecule has 44 heavy (non-hydrogen) atoms. The molecule has 8 nitrogen and oxygen atoms in total. The normalized spacial score (nSPS) is 11.5. The van der Waals surface area contributed by atoms with Crippen molar-refractivity contribution >= 4 is 34.9 Å². The number of nitrogens with one attached hydrogen (secondary N) is 2. The molecule has 8 heteroatoms. The molecule has 0 heterocycles. The molecular formula is C36H30N2O6. The minimum atomic E-state index is -0.523. The number of ketones is 2. The Bertz CT molecular complexity index is 1630. The first-order valence-electron chi connectivity index (χ1n) is 14.1. The molecule has 2 N–H and O–H groups in total. The lowest BCUT2D eigenvalue weighted by Gasteiger charge is -2.24. The maximum Gasteiger partial charge on any atom is 0.335 e. The summed E-state index contributed by atoms with van der Waals surface area (Å²) in [5.74, 6) is -0.607. The Balaban J connectivity index is 1.31. The molecule has 0 aliphatic heterocycles. The van der Waals surface area contributed by atoms with Crippen LogP contribution in [0.15, 0.2) is 110 Å². The number of fused-ring (bicyclic) bond motifs is 2. The van der Waals surface area contributed by atoms with Crippen molar-refractivity contribution in [2.75, 3.05) is 23.7 Å². The zero-order chi connectivity index (χ0) is 31.1. The van der Waals surface area contributed by atoms with Gasteiger partial charge in [-0.05, 0) is 60.4 Å². The van der Waals surface area contributed by atoms with Crippen molar-refractivity contribution in [1.29, 1.82) is 0 Å². The number of anilines is 2. The van der Waals surface area contributed by atoms with E-state index >= 15 is 0 Å².